The van der Waals surface area contributed by atoms with Crippen LogP contribution in [0.1, 0.15) is 30.5 Å². The molecule has 3 rings (SSSR count). The number of carbonyl (C=O) groups is 1. The van der Waals surface area contributed by atoms with Gasteiger partial charge in [0.25, 0.3) is 0 Å². The highest BCUT2D eigenvalue weighted by Gasteiger charge is 2.32. The van der Waals surface area contributed by atoms with Gasteiger partial charge in [0.15, 0.2) is 0 Å². The lowest BCUT2D eigenvalue weighted by Gasteiger charge is -2.24. The number of likely N-dealkylation sites (N-methyl/N-ethyl adjacent to an activating group) is 1. The molecule has 1 aliphatic rings. The molecule has 126 valence electrons. The standard InChI is InChI=1S/C19H22ClN3O/c1-2-23(13-14-7-4-3-5-8-14)19(24)18-12-17(21-22-18)15-9-6-10-16(20)11-15/h3-11,17-18,21-22H,2,12-13H2,1H3. The molecule has 4 nitrogen and oxygen atoms in total. The molecule has 0 aliphatic carbocycles. The first-order valence-electron chi connectivity index (χ1n) is 8.26. The summed E-state index contributed by atoms with van der Waals surface area (Å²) >= 11 is 6.06. The first-order valence-corrected chi connectivity index (χ1v) is 8.64. The summed E-state index contributed by atoms with van der Waals surface area (Å²) in [6, 6.07) is 17.7. The molecule has 2 unspecified atom stereocenters. The predicted octanol–water partition coefficient (Wildman–Crippen LogP) is 3.30. The van der Waals surface area contributed by atoms with Gasteiger partial charge in [0.1, 0.15) is 6.04 Å². The second kappa shape index (κ2) is 7.79. The highest BCUT2D eigenvalue weighted by Crippen LogP contribution is 2.25. The Balaban J connectivity index is 1.64. The SMILES string of the molecule is CCN(Cc1ccccc1)C(=O)C1CC(c2cccc(Cl)c2)NN1. The van der Waals surface area contributed by atoms with Crippen LogP contribution in [0.3, 0.4) is 0 Å². The number of benzene rings is 2. The third-order valence-corrected chi connectivity index (χ3v) is 4.60. The summed E-state index contributed by atoms with van der Waals surface area (Å²) in [7, 11) is 0. The lowest BCUT2D eigenvalue weighted by atomic mass is 10.0. The minimum absolute atomic E-state index is 0.0908. The summed E-state index contributed by atoms with van der Waals surface area (Å²) in [5, 5.41) is 0.711. The molecule has 0 aromatic heterocycles. The van der Waals surface area contributed by atoms with Crippen molar-refractivity contribution in [1.82, 2.24) is 15.8 Å². The van der Waals surface area contributed by atoms with Gasteiger partial charge in [0, 0.05) is 24.2 Å². The van der Waals surface area contributed by atoms with Crippen molar-refractivity contribution in [3.63, 3.8) is 0 Å². The number of hydrazine groups is 1. The fraction of sp³-hybridized carbons (Fsp3) is 0.316. The third kappa shape index (κ3) is 3.96. The predicted molar refractivity (Wildman–Crippen MR) is 96.4 cm³/mol. The van der Waals surface area contributed by atoms with Crippen LogP contribution >= 0.6 is 11.6 Å². The van der Waals surface area contributed by atoms with Crippen molar-refractivity contribution >= 4 is 17.5 Å². The molecule has 0 spiro atoms. The Kier molecular flexibility index (Phi) is 5.51. The molecule has 2 atom stereocenters. The molecule has 1 heterocycles. The van der Waals surface area contributed by atoms with E-state index in [9.17, 15) is 4.79 Å². The zero-order valence-corrected chi connectivity index (χ0v) is 14.5. The van der Waals surface area contributed by atoms with Crippen molar-refractivity contribution in [3.05, 3.63) is 70.7 Å². The summed E-state index contributed by atoms with van der Waals surface area (Å²) in [4.78, 5) is 14.7. The van der Waals surface area contributed by atoms with Crippen molar-refractivity contribution in [2.24, 2.45) is 0 Å². The summed E-state index contributed by atoms with van der Waals surface area (Å²) in [5.74, 6) is 0.124. The van der Waals surface area contributed by atoms with Gasteiger partial charge in [-0.1, -0.05) is 54.1 Å². The zero-order chi connectivity index (χ0) is 16.9. The van der Waals surface area contributed by atoms with Gasteiger partial charge in [-0.2, -0.15) is 0 Å². The molecule has 5 heteroatoms. The van der Waals surface area contributed by atoms with Gasteiger partial charge < -0.3 is 4.90 Å². The Bertz CT molecular complexity index is 692. The van der Waals surface area contributed by atoms with Crippen LogP contribution in [-0.4, -0.2) is 23.4 Å². The number of carbonyl (C=O) groups excluding carboxylic acids is 1. The van der Waals surface area contributed by atoms with Gasteiger partial charge in [-0.15, -0.1) is 0 Å². The van der Waals surface area contributed by atoms with Crippen molar-refractivity contribution in [3.8, 4) is 0 Å². The van der Waals surface area contributed by atoms with E-state index < -0.39 is 0 Å². The van der Waals surface area contributed by atoms with Gasteiger partial charge >= 0.3 is 0 Å². The van der Waals surface area contributed by atoms with Gasteiger partial charge in [-0.05, 0) is 36.6 Å². The Morgan fingerprint density at radius 2 is 1.96 bits per heavy atom. The zero-order valence-electron chi connectivity index (χ0n) is 13.7. The number of rotatable bonds is 5. The molecule has 0 saturated carbocycles. The average Bonchev–Trinajstić information content (AvgIpc) is 3.10. The molecule has 1 fully saturated rings. The number of halogens is 1. The van der Waals surface area contributed by atoms with Crippen LogP contribution in [-0.2, 0) is 11.3 Å². The van der Waals surface area contributed by atoms with E-state index in [1.165, 1.54) is 0 Å². The van der Waals surface area contributed by atoms with Gasteiger partial charge in [0.2, 0.25) is 5.91 Å². The quantitative estimate of drug-likeness (QED) is 0.875. The number of hydrogen-bond acceptors (Lipinski definition) is 3. The first kappa shape index (κ1) is 17.0. The van der Waals surface area contributed by atoms with Crippen LogP contribution in [0.2, 0.25) is 5.02 Å². The van der Waals surface area contributed by atoms with Crippen molar-refractivity contribution in [1.29, 1.82) is 0 Å². The Hall–Kier alpha value is -1.88. The van der Waals surface area contributed by atoms with Crippen LogP contribution in [0.25, 0.3) is 0 Å². The van der Waals surface area contributed by atoms with Crippen molar-refractivity contribution < 1.29 is 4.79 Å². The van der Waals surface area contributed by atoms with Gasteiger partial charge in [0.05, 0.1) is 0 Å². The third-order valence-electron chi connectivity index (χ3n) is 4.36. The molecule has 1 aliphatic heterocycles. The topological polar surface area (TPSA) is 44.4 Å². The molecule has 24 heavy (non-hydrogen) atoms. The Morgan fingerprint density at radius 1 is 1.17 bits per heavy atom. The first-order chi connectivity index (χ1) is 11.7. The molecule has 2 N–H and O–H groups in total. The Morgan fingerprint density at radius 3 is 2.67 bits per heavy atom. The van der Waals surface area contributed by atoms with Crippen molar-refractivity contribution in [2.45, 2.75) is 32.0 Å². The monoisotopic (exact) mass is 343 g/mol. The highest BCUT2D eigenvalue weighted by atomic mass is 35.5. The maximum atomic E-state index is 12.8. The lowest BCUT2D eigenvalue weighted by molar-refractivity contribution is -0.133. The summed E-state index contributed by atoms with van der Waals surface area (Å²) in [6.07, 6.45) is 0.713. The molecule has 1 amide bonds. The largest absolute Gasteiger partial charge is 0.337 e. The molecule has 0 radical (unpaired) electrons. The summed E-state index contributed by atoms with van der Waals surface area (Å²) in [6.45, 7) is 3.33. The molecular weight excluding hydrogens is 322 g/mol. The van der Waals surface area contributed by atoms with E-state index >= 15 is 0 Å². The molecule has 2 aromatic carbocycles. The van der Waals surface area contributed by atoms with E-state index in [0.717, 1.165) is 11.1 Å². The van der Waals surface area contributed by atoms with E-state index in [0.29, 0.717) is 24.5 Å². The molecule has 2 aromatic rings. The minimum Gasteiger partial charge on any atom is -0.337 e. The van der Waals surface area contributed by atoms with Gasteiger partial charge in [-0.3, -0.25) is 4.79 Å². The summed E-state index contributed by atoms with van der Waals surface area (Å²) < 4.78 is 0. The maximum absolute atomic E-state index is 12.8. The fourth-order valence-corrected chi connectivity index (χ4v) is 3.23. The molecule has 0 bridgehead atoms. The number of amides is 1. The average molecular weight is 344 g/mol. The van der Waals surface area contributed by atoms with Crippen LogP contribution in [0.4, 0.5) is 0 Å². The van der Waals surface area contributed by atoms with Crippen molar-refractivity contribution in [2.75, 3.05) is 6.54 Å². The highest BCUT2D eigenvalue weighted by molar-refractivity contribution is 6.30. The summed E-state index contributed by atoms with van der Waals surface area (Å²) in [5.41, 5.74) is 8.60. The van der Waals surface area contributed by atoms with Crippen LogP contribution < -0.4 is 10.9 Å². The second-order valence-electron chi connectivity index (χ2n) is 6.02. The minimum atomic E-state index is -0.224. The van der Waals surface area contributed by atoms with Crippen LogP contribution in [0.5, 0.6) is 0 Å². The lowest BCUT2D eigenvalue weighted by Crippen LogP contribution is -2.45. The van der Waals surface area contributed by atoms with E-state index in [1.807, 2.05) is 66.4 Å². The Labute approximate surface area is 147 Å². The number of nitrogens with zero attached hydrogens (tertiary/aromatic N) is 1. The smallest absolute Gasteiger partial charge is 0.241 e. The second-order valence-corrected chi connectivity index (χ2v) is 6.46. The van der Waals surface area contributed by atoms with E-state index in [-0.39, 0.29) is 18.0 Å². The normalized spacial score (nSPS) is 20.1. The fourth-order valence-electron chi connectivity index (χ4n) is 3.03. The van der Waals surface area contributed by atoms with Crippen LogP contribution in [0, 0.1) is 0 Å². The number of nitrogens with one attached hydrogen (secondary N) is 2. The van der Waals surface area contributed by atoms with E-state index in [4.69, 9.17) is 11.6 Å². The maximum Gasteiger partial charge on any atom is 0.241 e. The molecule has 1 saturated heterocycles. The molecular formula is C19H22ClN3O. The van der Waals surface area contributed by atoms with E-state index in [2.05, 4.69) is 10.9 Å². The number of hydrogen-bond donors (Lipinski definition) is 2. The van der Waals surface area contributed by atoms with Gasteiger partial charge in [-0.25, -0.2) is 10.9 Å². The van der Waals surface area contributed by atoms with Crippen LogP contribution in [0.15, 0.2) is 54.6 Å². The van der Waals surface area contributed by atoms with E-state index in [1.54, 1.807) is 0 Å².